The second-order valence-corrected chi connectivity index (χ2v) is 8.36. The molecule has 2 heterocycles. The number of hydrogen-bond acceptors (Lipinski definition) is 4. The van der Waals surface area contributed by atoms with Crippen molar-refractivity contribution in [1.29, 1.82) is 0 Å². The summed E-state index contributed by atoms with van der Waals surface area (Å²) in [6.07, 6.45) is 2.68. The van der Waals surface area contributed by atoms with Gasteiger partial charge in [-0.15, -0.1) is 0 Å². The largest absolute Gasteiger partial charge is 0.342 e. The number of halogens is 1. The molecule has 5 rings (SSSR count). The van der Waals surface area contributed by atoms with Gasteiger partial charge >= 0.3 is 0 Å². The fraction of sp³-hybridized carbons (Fsp3) is 0.348. The van der Waals surface area contributed by atoms with Crippen molar-refractivity contribution in [2.45, 2.75) is 31.1 Å². The molecule has 2 atom stereocenters. The quantitative estimate of drug-likeness (QED) is 0.617. The summed E-state index contributed by atoms with van der Waals surface area (Å²) >= 11 is 5.94. The molecule has 2 aliphatic rings. The average Bonchev–Trinajstić information content (AvgIpc) is 3.43. The van der Waals surface area contributed by atoms with Gasteiger partial charge in [-0.05, 0) is 55.0 Å². The van der Waals surface area contributed by atoms with Crippen molar-refractivity contribution < 1.29 is 9.32 Å². The van der Waals surface area contributed by atoms with Crippen LogP contribution in [0.5, 0.6) is 0 Å². The van der Waals surface area contributed by atoms with E-state index in [1.165, 1.54) is 5.56 Å². The van der Waals surface area contributed by atoms with Crippen molar-refractivity contribution in [3.8, 4) is 11.4 Å². The molecule has 1 aliphatic heterocycles. The Morgan fingerprint density at radius 1 is 1.03 bits per heavy atom. The smallest absolute Gasteiger partial charge is 0.230 e. The van der Waals surface area contributed by atoms with E-state index >= 15 is 0 Å². The van der Waals surface area contributed by atoms with Gasteiger partial charge < -0.3 is 9.42 Å². The number of benzene rings is 2. The van der Waals surface area contributed by atoms with Crippen molar-refractivity contribution in [2.24, 2.45) is 5.92 Å². The van der Waals surface area contributed by atoms with Gasteiger partial charge in [0.15, 0.2) is 0 Å². The maximum atomic E-state index is 12.9. The summed E-state index contributed by atoms with van der Waals surface area (Å²) in [4.78, 5) is 19.5. The van der Waals surface area contributed by atoms with Crippen LogP contribution in [-0.4, -0.2) is 34.0 Å². The average molecular weight is 408 g/mol. The third kappa shape index (κ3) is 3.79. The molecule has 2 aromatic carbocycles. The zero-order valence-electron chi connectivity index (χ0n) is 16.0. The topological polar surface area (TPSA) is 59.2 Å². The summed E-state index contributed by atoms with van der Waals surface area (Å²) in [7, 11) is 0. The van der Waals surface area contributed by atoms with Crippen LogP contribution < -0.4 is 0 Å². The first-order valence-corrected chi connectivity index (χ1v) is 10.5. The predicted molar refractivity (Wildman–Crippen MR) is 111 cm³/mol. The molecule has 1 aromatic heterocycles. The van der Waals surface area contributed by atoms with E-state index in [2.05, 4.69) is 22.3 Å². The second kappa shape index (κ2) is 7.64. The van der Waals surface area contributed by atoms with Crippen molar-refractivity contribution in [3.05, 3.63) is 71.1 Å². The minimum absolute atomic E-state index is 0.147. The molecule has 6 heteroatoms. The van der Waals surface area contributed by atoms with Crippen LogP contribution in [0.15, 0.2) is 59.1 Å². The molecule has 5 nitrogen and oxygen atoms in total. The third-order valence-corrected chi connectivity index (χ3v) is 6.29. The molecule has 0 spiro atoms. The number of aromatic nitrogens is 2. The molecule has 3 aromatic rings. The maximum Gasteiger partial charge on any atom is 0.230 e. The molecule has 2 fully saturated rings. The van der Waals surface area contributed by atoms with Gasteiger partial charge in [0.25, 0.3) is 0 Å². The van der Waals surface area contributed by atoms with E-state index in [0.717, 1.165) is 37.9 Å². The van der Waals surface area contributed by atoms with Gasteiger partial charge in [-0.25, -0.2) is 0 Å². The maximum absolute atomic E-state index is 12.9. The van der Waals surface area contributed by atoms with Crippen LogP contribution in [0.2, 0.25) is 5.02 Å². The number of nitrogens with zero attached hydrogens (tertiary/aromatic N) is 3. The van der Waals surface area contributed by atoms with E-state index in [-0.39, 0.29) is 11.8 Å². The van der Waals surface area contributed by atoms with Crippen molar-refractivity contribution >= 4 is 17.5 Å². The summed E-state index contributed by atoms with van der Waals surface area (Å²) in [5, 5.41) is 4.80. The highest BCUT2D eigenvalue weighted by molar-refractivity contribution is 6.30. The Hall–Kier alpha value is -2.66. The zero-order chi connectivity index (χ0) is 19.8. The molecule has 1 saturated heterocycles. The Kier molecular flexibility index (Phi) is 4.84. The first kappa shape index (κ1) is 18.4. The minimum atomic E-state index is 0.147. The highest BCUT2D eigenvalue weighted by Gasteiger charge is 2.46. The summed E-state index contributed by atoms with van der Waals surface area (Å²) in [5.41, 5.74) is 2.17. The van der Waals surface area contributed by atoms with E-state index in [9.17, 15) is 4.79 Å². The standard InChI is InChI=1S/C23H22ClN3O2/c24-18-8-6-16(7-9-18)21-25-22(29-26-21)17-10-12-27(13-11-17)23(28)20-14-19(20)15-4-2-1-3-5-15/h1-9,17,19-20H,10-14H2. The van der Waals surface area contributed by atoms with Crippen LogP contribution in [0.25, 0.3) is 11.4 Å². The molecule has 1 amide bonds. The van der Waals surface area contributed by atoms with Crippen LogP contribution in [0.1, 0.15) is 42.6 Å². The molecular formula is C23H22ClN3O2. The van der Waals surface area contributed by atoms with Gasteiger partial charge in [-0.3, -0.25) is 4.79 Å². The molecule has 2 unspecified atom stereocenters. The van der Waals surface area contributed by atoms with E-state index < -0.39 is 0 Å². The summed E-state index contributed by atoms with van der Waals surface area (Å²) in [6, 6.07) is 17.8. The molecule has 0 radical (unpaired) electrons. The van der Waals surface area contributed by atoms with Crippen LogP contribution in [0.3, 0.4) is 0 Å². The lowest BCUT2D eigenvalue weighted by molar-refractivity contribution is -0.133. The van der Waals surface area contributed by atoms with E-state index in [1.54, 1.807) is 0 Å². The van der Waals surface area contributed by atoms with E-state index in [0.29, 0.717) is 28.6 Å². The molecule has 0 bridgehead atoms. The first-order chi connectivity index (χ1) is 14.2. The summed E-state index contributed by atoms with van der Waals surface area (Å²) < 4.78 is 5.52. The highest BCUT2D eigenvalue weighted by Crippen LogP contribution is 2.48. The predicted octanol–water partition coefficient (Wildman–Crippen LogP) is 4.90. The van der Waals surface area contributed by atoms with E-state index in [4.69, 9.17) is 16.1 Å². The number of rotatable bonds is 4. The number of carbonyl (C=O) groups excluding carboxylic acids is 1. The Morgan fingerprint density at radius 3 is 2.48 bits per heavy atom. The Bertz CT molecular complexity index is 994. The normalized spacial score (nSPS) is 21.9. The number of carbonyl (C=O) groups is 1. The Balaban J connectivity index is 1.18. The number of hydrogen-bond donors (Lipinski definition) is 0. The zero-order valence-corrected chi connectivity index (χ0v) is 16.8. The second-order valence-electron chi connectivity index (χ2n) is 7.92. The van der Waals surface area contributed by atoms with Crippen LogP contribution >= 0.6 is 11.6 Å². The SMILES string of the molecule is O=C(C1CC1c1ccccc1)N1CCC(c2nc(-c3ccc(Cl)cc3)no2)CC1. The lowest BCUT2D eigenvalue weighted by Crippen LogP contribution is -2.39. The Morgan fingerprint density at radius 2 is 1.76 bits per heavy atom. The fourth-order valence-electron chi connectivity index (χ4n) is 4.24. The molecule has 1 aliphatic carbocycles. The van der Waals surface area contributed by atoms with Gasteiger partial charge in [0.05, 0.1) is 0 Å². The molecular weight excluding hydrogens is 386 g/mol. The summed E-state index contributed by atoms with van der Waals surface area (Å²) in [6.45, 7) is 1.50. The summed E-state index contributed by atoms with van der Waals surface area (Å²) in [5.74, 6) is 2.28. The van der Waals surface area contributed by atoms with E-state index in [1.807, 2.05) is 47.4 Å². The number of likely N-dealkylation sites (tertiary alicyclic amines) is 1. The number of piperidine rings is 1. The van der Waals surface area contributed by atoms with Crippen LogP contribution in [0, 0.1) is 5.92 Å². The van der Waals surface area contributed by atoms with Gasteiger partial charge in [-0.1, -0.05) is 47.1 Å². The van der Waals surface area contributed by atoms with Crippen LogP contribution in [0.4, 0.5) is 0 Å². The monoisotopic (exact) mass is 407 g/mol. The number of amides is 1. The highest BCUT2D eigenvalue weighted by atomic mass is 35.5. The fourth-order valence-corrected chi connectivity index (χ4v) is 4.36. The van der Waals surface area contributed by atoms with Gasteiger partial charge in [0.2, 0.25) is 17.6 Å². The molecule has 1 saturated carbocycles. The lowest BCUT2D eigenvalue weighted by atomic mass is 9.96. The minimum Gasteiger partial charge on any atom is -0.342 e. The van der Waals surface area contributed by atoms with Gasteiger partial charge in [-0.2, -0.15) is 4.98 Å². The first-order valence-electron chi connectivity index (χ1n) is 10.1. The van der Waals surface area contributed by atoms with Crippen molar-refractivity contribution in [2.75, 3.05) is 13.1 Å². The molecule has 148 valence electrons. The van der Waals surface area contributed by atoms with Gasteiger partial charge in [0.1, 0.15) is 0 Å². The third-order valence-electron chi connectivity index (χ3n) is 6.04. The lowest BCUT2D eigenvalue weighted by Gasteiger charge is -2.30. The Labute approximate surface area is 174 Å². The van der Waals surface area contributed by atoms with Crippen LogP contribution in [-0.2, 0) is 4.79 Å². The van der Waals surface area contributed by atoms with Crippen molar-refractivity contribution in [3.63, 3.8) is 0 Å². The van der Waals surface area contributed by atoms with Gasteiger partial charge in [0, 0.05) is 35.5 Å². The molecule has 29 heavy (non-hydrogen) atoms. The van der Waals surface area contributed by atoms with Crippen molar-refractivity contribution in [1.82, 2.24) is 15.0 Å². The molecule has 0 N–H and O–H groups in total.